The van der Waals surface area contributed by atoms with Crippen LogP contribution < -0.4 is 4.74 Å². The van der Waals surface area contributed by atoms with Crippen molar-refractivity contribution in [3.8, 4) is 5.75 Å². The van der Waals surface area contributed by atoms with E-state index >= 15 is 0 Å². The van der Waals surface area contributed by atoms with Crippen LogP contribution in [0.2, 0.25) is 0 Å². The van der Waals surface area contributed by atoms with E-state index in [4.69, 9.17) is 24.5 Å². The largest absolute Gasteiger partial charge is 0.488 e. The summed E-state index contributed by atoms with van der Waals surface area (Å²) in [5, 5.41) is 14.8. The lowest BCUT2D eigenvalue weighted by atomic mass is 10.2. The van der Waals surface area contributed by atoms with Crippen molar-refractivity contribution in [1.29, 1.82) is 0 Å². The maximum absolute atomic E-state index is 12.1. The van der Waals surface area contributed by atoms with Gasteiger partial charge in [0, 0.05) is 26.0 Å². The van der Waals surface area contributed by atoms with E-state index in [0.717, 1.165) is 13.0 Å². The first-order chi connectivity index (χ1) is 11.2. The average Bonchev–Trinajstić information content (AvgIpc) is 2.63. The second-order valence-electron chi connectivity index (χ2n) is 5.50. The van der Waals surface area contributed by atoms with Gasteiger partial charge in [-0.15, -0.1) is 0 Å². The van der Waals surface area contributed by atoms with Crippen molar-refractivity contribution in [2.75, 3.05) is 34.2 Å². The first kappa shape index (κ1) is 19.4. The molecular formula is C15H21N3O6. The van der Waals surface area contributed by atoms with Gasteiger partial charge in [-0.2, -0.15) is 0 Å². The number of rotatable bonds is 3. The van der Waals surface area contributed by atoms with Crippen LogP contribution in [0.4, 0.5) is 0 Å². The highest BCUT2D eigenvalue weighted by molar-refractivity contribution is 6.27. The van der Waals surface area contributed by atoms with E-state index in [9.17, 15) is 4.79 Å². The highest BCUT2D eigenvalue weighted by Crippen LogP contribution is 2.24. The van der Waals surface area contributed by atoms with Crippen molar-refractivity contribution in [2.45, 2.75) is 12.5 Å². The Bertz CT molecular complexity index is 593. The molecule has 2 rings (SSSR count). The standard InChI is InChI=1S/C13H19N3O2.C2H2O4/c1-15(2)7-5-10-9-16(3)13(17)11-8-14-6-4-12(11)18-10;3-1(4)2(5)6/h4,6,8,10H,5,7,9H2,1-3H3;(H,3,4)(H,5,6). The second-order valence-corrected chi connectivity index (χ2v) is 5.50. The minimum Gasteiger partial charge on any atom is -0.488 e. The highest BCUT2D eigenvalue weighted by Gasteiger charge is 2.26. The molecule has 1 atom stereocenters. The monoisotopic (exact) mass is 339 g/mol. The average molecular weight is 339 g/mol. The van der Waals surface area contributed by atoms with E-state index in [0.29, 0.717) is 17.9 Å². The van der Waals surface area contributed by atoms with Crippen LogP contribution in [-0.2, 0) is 9.59 Å². The van der Waals surface area contributed by atoms with E-state index in [1.807, 2.05) is 14.1 Å². The molecule has 132 valence electrons. The first-order valence-corrected chi connectivity index (χ1v) is 7.19. The van der Waals surface area contributed by atoms with Gasteiger partial charge in [-0.25, -0.2) is 9.59 Å². The van der Waals surface area contributed by atoms with E-state index in [1.54, 1.807) is 30.4 Å². The third-order valence-corrected chi connectivity index (χ3v) is 3.21. The van der Waals surface area contributed by atoms with Crippen molar-refractivity contribution in [3.05, 3.63) is 24.0 Å². The highest BCUT2D eigenvalue weighted by atomic mass is 16.5. The van der Waals surface area contributed by atoms with Crippen LogP contribution in [-0.4, -0.2) is 83.2 Å². The van der Waals surface area contributed by atoms with Gasteiger partial charge in [0.25, 0.3) is 5.91 Å². The number of carbonyl (C=O) groups is 3. The predicted octanol–water partition coefficient (Wildman–Crippen LogP) is 0.0219. The number of pyridine rings is 1. The summed E-state index contributed by atoms with van der Waals surface area (Å²) in [5.74, 6) is -3.03. The Hall–Kier alpha value is -2.68. The van der Waals surface area contributed by atoms with Crippen LogP contribution in [0.25, 0.3) is 0 Å². The molecule has 1 aliphatic rings. The zero-order chi connectivity index (χ0) is 18.3. The van der Waals surface area contributed by atoms with Crippen molar-refractivity contribution in [1.82, 2.24) is 14.8 Å². The molecule has 1 aromatic rings. The topological polar surface area (TPSA) is 120 Å². The molecule has 0 saturated carbocycles. The van der Waals surface area contributed by atoms with Crippen molar-refractivity contribution in [3.63, 3.8) is 0 Å². The van der Waals surface area contributed by atoms with Crippen LogP contribution in [0.5, 0.6) is 5.75 Å². The van der Waals surface area contributed by atoms with Crippen LogP contribution in [0, 0.1) is 0 Å². The summed E-state index contributed by atoms with van der Waals surface area (Å²) in [4.78, 5) is 38.1. The lowest BCUT2D eigenvalue weighted by Crippen LogP contribution is -2.35. The molecule has 0 aliphatic carbocycles. The lowest BCUT2D eigenvalue weighted by molar-refractivity contribution is -0.159. The molecule has 1 unspecified atom stereocenters. The van der Waals surface area contributed by atoms with Gasteiger partial charge in [0.1, 0.15) is 11.9 Å². The number of hydrogen-bond donors (Lipinski definition) is 2. The zero-order valence-corrected chi connectivity index (χ0v) is 13.8. The number of hydrogen-bond acceptors (Lipinski definition) is 6. The van der Waals surface area contributed by atoms with Crippen molar-refractivity contribution < 1.29 is 29.3 Å². The summed E-state index contributed by atoms with van der Waals surface area (Å²) in [6.45, 7) is 1.55. The normalized spacial score (nSPS) is 16.4. The molecule has 0 saturated heterocycles. The lowest BCUT2D eigenvalue weighted by Gasteiger charge is -2.21. The number of amides is 1. The predicted molar refractivity (Wildman–Crippen MR) is 84.1 cm³/mol. The number of carboxylic acids is 2. The minimum atomic E-state index is -1.82. The van der Waals surface area contributed by atoms with Crippen LogP contribution in [0.3, 0.4) is 0 Å². The second kappa shape index (κ2) is 8.82. The Balaban J connectivity index is 0.000000413. The summed E-state index contributed by atoms with van der Waals surface area (Å²) in [7, 11) is 5.86. The smallest absolute Gasteiger partial charge is 0.414 e. The molecular weight excluding hydrogens is 318 g/mol. The molecule has 1 aliphatic heterocycles. The fourth-order valence-corrected chi connectivity index (χ4v) is 2.01. The van der Waals surface area contributed by atoms with E-state index in [1.165, 1.54) is 0 Å². The van der Waals surface area contributed by atoms with E-state index in [2.05, 4.69) is 9.88 Å². The van der Waals surface area contributed by atoms with Crippen LogP contribution >= 0.6 is 0 Å². The van der Waals surface area contributed by atoms with E-state index in [-0.39, 0.29) is 12.0 Å². The molecule has 0 bridgehead atoms. The maximum atomic E-state index is 12.1. The Morgan fingerprint density at radius 3 is 2.54 bits per heavy atom. The molecule has 9 heteroatoms. The van der Waals surface area contributed by atoms with Gasteiger partial charge in [0.2, 0.25) is 0 Å². The van der Waals surface area contributed by atoms with Gasteiger partial charge >= 0.3 is 11.9 Å². The summed E-state index contributed by atoms with van der Waals surface area (Å²) in [6.07, 6.45) is 4.15. The van der Waals surface area contributed by atoms with Crippen molar-refractivity contribution in [2.24, 2.45) is 0 Å². The fourth-order valence-electron chi connectivity index (χ4n) is 2.01. The van der Waals surface area contributed by atoms with Crippen LogP contribution in [0.1, 0.15) is 16.8 Å². The number of aromatic nitrogens is 1. The molecule has 0 aromatic carbocycles. The summed E-state index contributed by atoms with van der Waals surface area (Å²) < 4.78 is 5.92. The SMILES string of the molecule is CN(C)CCC1CN(C)C(=O)c2cnccc2O1.O=C(O)C(=O)O. The number of ether oxygens (including phenoxy) is 1. The van der Waals surface area contributed by atoms with Gasteiger partial charge in [0.15, 0.2) is 0 Å². The third kappa shape index (κ3) is 5.84. The molecule has 0 radical (unpaired) electrons. The molecule has 9 nitrogen and oxygen atoms in total. The van der Waals surface area contributed by atoms with Gasteiger partial charge in [-0.1, -0.05) is 0 Å². The fraction of sp³-hybridized carbons (Fsp3) is 0.467. The van der Waals surface area contributed by atoms with Gasteiger partial charge < -0.3 is 24.7 Å². The number of carboxylic acid groups (broad SMARTS) is 2. The molecule has 2 heterocycles. The molecule has 1 amide bonds. The minimum absolute atomic E-state index is 0.0227. The molecule has 2 N–H and O–H groups in total. The number of likely N-dealkylation sites (N-methyl/N-ethyl adjacent to an activating group) is 1. The van der Waals surface area contributed by atoms with Crippen LogP contribution in [0.15, 0.2) is 18.5 Å². The molecule has 0 fully saturated rings. The first-order valence-electron chi connectivity index (χ1n) is 7.19. The number of fused-ring (bicyclic) bond motifs is 1. The Kier molecular flexibility index (Phi) is 7.12. The number of carbonyl (C=O) groups excluding carboxylic acids is 1. The summed E-state index contributed by atoms with van der Waals surface area (Å²) >= 11 is 0. The third-order valence-electron chi connectivity index (χ3n) is 3.21. The van der Waals surface area contributed by atoms with Gasteiger partial charge in [-0.3, -0.25) is 9.78 Å². The van der Waals surface area contributed by atoms with Gasteiger partial charge in [-0.05, 0) is 26.6 Å². The Morgan fingerprint density at radius 2 is 2.00 bits per heavy atom. The molecule has 1 aromatic heterocycles. The Morgan fingerprint density at radius 1 is 1.38 bits per heavy atom. The zero-order valence-electron chi connectivity index (χ0n) is 13.8. The molecule has 0 spiro atoms. The van der Waals surface area contributed by atoms with Crippen molar-refractivity contribution >= 4 is 17.8 Å². The number of nitrogens with zero attached hydrogens (tertiary/aromatic N) is 3. The number of aliphatic carboxylic acids is 2. The summed E-state index contributed by atoms with van der Waals surface area (Å²) in [6, 6.07) is 1.76. The Labute approximate surface area is 139 Å². The quantitative estimate of drug-likeness (QED) is 0.740. The van der Waals surface area contributed by atoms with Gasteiger partial charge in [0.05, 0.1) is 12.1 Å². The van der Waals surface area contributed by atoms with E-state index < -0.39 is 11.9 Å². The molecule has 24 heavy (non-hydrogen) atoms. The maximum Gasteiger partial charge on any atom is 0.414 e. The summed E-state index contributed by atoms with van der Waals surface area (Å²) in [5.41, 5.74) is 0.548.